The molecule has 0 spiro atoms. The van der Waals surface area contributed by atoms with E-state index in [4.69, 9.17) is 11.6 Å². The topological polar surface area (TPSA) is 73.5 Å². The lowest BCUT2D eigenvalue weighted by Crippen LogP contribution is -2.49. The molecule has 1 aromatic carbocycles. The van der Waals surface area contributed by atoms with Crippen LogP contribution in [0.15, 0.2) is 24.3 Å². The smallest absolute Gasteiger partial charge is 0.237 e. The van der Waals surface area contributed by atoms with Gasteiger partial charge in [-0.15, -0.1) is 0 Å². The highest BCUT2D eigenvalue weighted by molar-refractivity contribution is 6.30. The second kappa shape index (κ2) is 8.65. The Morgan fingerprint density at radius 3 is 2.96 bits per heavy atom. The van der Waals surface area contributed by atoms with Gasteiger partial charge in [0, 0.05) is 37.6 Å². The zero-order chi connectivity index (χ0) is 17.6. The molecule has 2 amide bonds. The standard InChI is InChI=1S/C18H25ClN4O2/c19-14-4-1-3-13(11-14)16-12-20-9-10-23(16)17(24)6-8-22-18(25)15-5-2-7-21-15/h1,3-4,11,15-16,20-21H,2,5-10,12H2,(H,22,25). The molecular formula is C18H25ClN4O2. The number of benzene rings is 1. The van der Waals surface area contributed by atoms with E-state index in [1.165, 1.54) is 0 Å². The Kier molecular flexibility index (Phi) is 6.29. The molecule has 7 heteroatoms. The summed E-state index contributed by atoms with van der Waals surface area (Å²) in [6, 6.07) is 7.52. The van der Waals surface area contributed by atoms with Crippen LogP contribution < -0.4 is 16.0 Å². The molecule has 0 saturated carbocycles. The van der Waals surface area contributed by atoms with E-state index < -0.39 is 0 Å². The van der Waals surface area contributed by atoms with E-state index in [0.717, 1.165) is 31.5 Å². The molecule has 2 fully saturated rings. The van der Waals surface area contributed by atoms with Gasteiger partial charge in [0.25, 0.3) is 0 Å². The normalized spacial score (nSPS) is 23.5. The zero-order valence-electron chi connectivity index (χ0n) is 14.3. The van der Waals surface area contributed by atoms with Crippen LogP contribution >= 0.6 is 11.6 Å². The fraction of sp³-hybridized carbons (Fsp3) is 0.556. The monoisotopic (exact) mass is 364 g/mol. The van der Waals surface area contributed by atoms with Gasteiger partial charge in [-0.05, 0) is 37.1 Å². The molecule has 1 aromatic rings. The van der Waals surface area contributed by atoms with Crippen LogP contribution in [0.5, 0.6) is 0 Å². The molecular weight excluding hydrogens is 340 g/mol. The Morgan fingerprint density at radius 1 is 1.32 bits per heavy atom. The van der Waals surface area contributed by atoms with Crippen molar-refractivity contribution in [3.8, 4) is 0 Å². The van der Waals surface area contributed by atoms with Crippen molar-refractivity contribution in [2.75, 3.05) is 32.7 Å². The number of amides is 2. The maximum atomic E-state index is 12.7. The Balaban J connectivity index is 1.54. The van der Waals surface area contributed by atoms with E-state index in [1.54, 1.807) is 0 Å². The van der Waals surface area contributed by atoms with E-state index in [9.17, 15) is 9.59 Å². The van der Waals surface area contributed by atoms with Crippen molar-refractivity contribution in [1.29, 1.82) is 0 Å². The summed E-state index contributed by atoms with van der Waals surface area (Å²) < 4.78 is 0. The molecule has 6 nitrogen and oxygen atoms in total. The summed E-state index contributed by atoms with van der Waals surface area (Å²) in [5, 5.41) is 10.0. The molecule has 2 unspecified atom stereocenters. The molecule has 2 saturated heterocycles. The number of piperazine rings is 1. The number of rotatable bonds is 5. The molecule has 2 atom stereocenters. The molecule has 0 radical (unpaired) electrons. The summed E-state index contributed by atoms with van der Waals surface area (Å²) in [6.07, 6.45) is 2.21. The SMILES string of the molecule is O=C(NCCC(=O)N1CCNCC1c1cccc(Cl)c1)C1CCCN1. The average Bonchev–Trinajstić information content (AvgIpc) is 3.16. The Hall–Kier alpha value is -1.63. The minimum atomic E-state index is -0.103. The van der Waals surface area contributed by atoms with Crippen LogP contribution in [0, 0.1) is 0 Å². The summed E-state index contributed by atoms with van der Waals surface area (Å²) in [5.41, 5.74) is 1.03. The van der Waals surface area contributed by atoms with Crippen molar-refractivity contribution in [1.82, 2.24) is 20.9 Å². The highest BCUT2D eigenvalue weighted by Gasteiger charge is 2.28. The van der Waals surface area contributed by atoms with Gasteiger partial charge in [-0.25, -0.2) is 0 Å². The third-order valence-corrected chi connectivity index (χ3v) is 5.05. The van der Waals surface area contributed by atoms with E-state index >= 15 is 0 Å². The number of carbonyl (C=O) groups excluding carboxylic acids is 2. The molecule has 25 heavy (non-hydrogen) atoms. The second-order valence-corrected chi connectivity index (χ2v) is 6.99. The van der Waals surface area contributed by atoms with Crippen LogP contribution in [0.3, 0.4) is 0 Å². The second-order valence-electron chi connectivity index (χ2n) is 6.55. The van der Waals surface area contributed by atoms with Crippen LogP contribution in [0.25, 0.3) is 0 Å². The molecule has 3 N–H and O–H groups in total. The van der Waals surface area contributed by atoms with Crippen molar-refractivity contribution in [2.45, 2.75) is 31.3 Å². The molecule has 2 aliphatic rings. The van der Waals surface area contributed by atoms with Crippen molar-refractivity contribution in [2.24, 2.45) is 0 Å². The van der Waals surface area contributed by atoms with E-state index in [1.807, 2.05) is 29.2 Å². The number of hydrogen-bond acceptors (Lipinski definition) is 4. The van der Waals surface area contributed by atoms with Gasteiger partial charge in [0.05, 0.1) is 12.1 Å². The maximum Gasteiger partial charge on any atom is 0.237 e. The van der Waals surface area contributed by atoms with Crippen molar-refractivity contribution in [3.05, 3.63) is 34.9 Å². The zero-order valence-corrected chi connectivity index (χ0v) is 15.0. The number of hydrogen-bond donors (Lipinski definition) is 3. The van der Waals surface area contributed by atoms with Crippen LogP contribution in [0.1, 0.15) is 30.9 Å². The quantitative estimate of drug-likeness (QED) is 0.730. The fourth-order valence-electron chi connectivity index (χ4n) is 3.48. The Bertz CT molecular complexity index is 619. The van der Waals surface area contributed by atoms with Gasteiger partial charge in [-0.2, -0.15) is 0 Å². The number of nitrogens with one attached hydrogen (secondary N) is 3. The average molecular weight is 365 g/mol. The van der Waals surface area contributed by atoms with Crippen molar-refractivity contribution >= 4 is 23.4 Å². The summed E-state index contributed by atoms with van der Waals surface area (Å²) in [6.45, 7) is 3.42. The first kappa shape index (κ1) is 18.2. The van der Waals surface area contributed by atoms with Gasteiger partial charge in [-0.1, -0.05) is 23.7 Å². The highest BCUT2D eigenvalue weighted by atomic mass is 35.5. The predicted molar refractivity (Wildman–Crippen MR) is 97.4 cm³/mol. The molecule has 2 aliphatic heterocycles. The summed E-state index contributed by atoms with van der Waals surface area (Å²) in [5.74, 6) is 0.0585. The van der Waals surface area contributed by atoms with Gasteiger partial charge in [0.2, 0.25) is 11.8 Å². The first-order valence-corrected chi connectivity index (χ1v) is 9.29. The highest BCUT2D eigenvalue weighted by Crippen LogP contribution is 2.25. The van der Waals surface area contributed by atoms with Crippen LogP contribution in [0.2, 0.25) is 5.02 Å². The number of halogens is 1. The lowest BCUT2D eigenvalue weighted by molar-refractivity contribution is -0.134. The van der Waals surface area contributed by atoms with Crippen LogP contribution in [-0.2, 0) is 9.59 Å². The number of carbonyl (C=O) groups is 2. The fourth-order valence-corrected chi connectivity index (χ4v) is 3.68. The summed E-state index contributed by atoms with van der Waals surface area (Å²) in [7, 11) is 0. The Labute approximate surface area is 153 Å². The predicted octanol–water partition coefficient (Wildman–Crippen LogP) is 1.07. The van der Waals surface area contributed by atoms with E-state index in [2.05, 4.69) is 16.0 Å². The third-order valence-electron chi connectivity index (χ3n) is 4.81. The lowest BCUT2D eigenvalue weighted by atomic mass is 10.0. The van der Waals surface area contributed by atoms with Gasteiger partial charge >= 0.3 is 0 Å². The minimum Gasteiger partial charge on any atom is -0.354 e. The Morgan fingerprint density at radius 2 is 2.20 bits per heavy atom. The molecule has 3 rings (SSSR count). The van der Waals surface area contributed by atoms with Crippen LogP contribution in [0.4, 0.5) is 0 Å². The van der Waals surface area contributed by atoms with Gasteiger partial charge < -0.3 is 20.9 Å². The van der Waals surface area contributed by atoms with Gasteiger partial charge in [-0.3, -0.25) is 9.59 Å². The van der Waals surface area contributed by atoms with Gasteiger partial charge in [0.15, 0.2) is 0 Å². The molecule has 0 aliphatic carbocycles. The molecule has 2 heterocycles. The molecule has 136 valence electrons. The number of nitrogens with zero attached hydrogens (tertiary/aromatic N) is 1. The van der Waals surface area contributed by atoms with Gasteiger partial charge in [0.1, 0.15) is 0 Å². The van der Waals surface area contributed by atoms with E-state index in [-0.39, 0.29) is 23.9 Å². The third kappa shape index (κ3) is 4.71. The maximum absolute atomic E-state index is 12.7. The van der Waals surface area contributed by atoms with E-state index in [0.29, 0.717) is 31.1 Å². The lowest BCUT2D eigenvalue weighted by Gasteiger charge is -2.36. The van der Waals surface area contributed by atoms with Crippen LogP contribution in [-0.4, -0.2) is 55.5 Å². The minimum absolute atomic E-state index is 0.00278. The summed E-state index contributed by atoms with van der Waals surface area (Å²) in [4.78, 5) is 26.6. The summed E-state index contributed by atoms with van der Waals surface area (Å²) >= 11 is 6.09. The molecule has 0 aromatic heterocycles. The van der Waals surface area contributed by atoms with Crippen molar-refractivity contribution in [3.63, 3.8) is 0 Å². The van der Waals surface area contributed by atoms with Crippen molar-refractivity contribution < 1.29 is 9.59 Å². The first-order chi connectivity index (χ1) is 12.1. The largest absolute Gasteiger partial charge is 0.354 e. The molecule has 0 bridgehead atoms. The first-order valence-electron chi connectivity index (χ1n) is 8.92.